The third-order valence-electron chi connectivity index (χ3n) is 5.46. The van der Waals surface area contributed by atoms with Crippen molar-refractivity contribution < 1.29 is 9.84 Å². The van der Waals surface area contributed by atoms with Crippen molar-refractivity contribution in [2.45, 2.75) is 6.04 Å². The number of phenols is 1. The van der Waals surface area contributed by atoms with Gasteiger partial charge in [0.25, 0.3) is 5.56 Å². The van der Waals surface area contributed by atoms with Crippen LogP contribution in [0.25, 0.3) is 11.8 Å². The molecule has 0 bridgehead atoms. The SMILES string of the molecule is COc1cccc(C=c2sc3n(c2=O)C(c2ccc(Cl)cc2)C=C(c2ccccc2)N=3)c1O. The molecular weight excluding hydrogens is 456 g/mol. The van der Waals surface area contributed by atoms with Crippen LogP contribution in [0.15, 0.2) is 88.7 Å². The summed E-state index contributed by atoms with van der Waals surface area (Å²) in [7, 11) is 1.49. The van der Waals surface area contributed by atoms with Gasteiger partial charge in [-0.15, -0.1) is 0 Å². The molecule has 5 nitrogen and oxygen atoms in total. The minimum Gasteiger partial charge on any atom is -0.504 e. The number of fused-ring (bicyclic) bond motifs is 1. The van der Waals surface area contributed by atoms with Crippen LogP contribution in [0, 0.1) is 0 Å². The number of aromatic nitrogens is 1. The number of methoxy groups -OCH3 is 1. The van der Waals surface area contributed by atoms with Gasteiger partial charge in [0.2, 0.25) is 0 Å². The Labute approximate surface area is 198 Å². The zero-order valence-electron chi connectivity index (χ0n) is 17.6. The largest absolute Gasteiger partial charge is 0.504 e. The number of para-hydroxylation sites is 1. The summed E-state index contributed by atoms with van der Waals surface area (Å²) in [5, 5.41) is 11.1. The third-order valence-corrected chi connectivity index (χ3v) is 6.70. The zero-order valence-corrected chi connectivity index (χ0v) is 19.2. The van der Waals surface area contributed by atoms with Gasteiger partial charge in [-0.05, 0) is 41.5 Å². The summed E-state index contributed by atoms with van der Waals surface area (Å²) in [6.45, 7) is 0. The highest BCUT2D eigenvalue weighted by molar-refractivity contribution is 7.07. The van der Waals surface area contributed by atoms with E-state index in [9.17, 15) is 9.90 Å². The van der Waals surface area contributed by atoms with Crippen LogP contribution < -0.4 is 19.6 Å². The number of ether oxygens (including phenoxy) is 1. The molecule has 164 valence electrons. The lowest BCUT2D eigenvalue weighted by molar-refractivity contribution is 0.373. The van der Waals surface area contributed by atoms with E-state index in [0.717, 1.165) is 16.8 Å². The molecule has 0 saturated carbocycles. The summed E-state index contributed by atoms with van der Waals surface area (Å²) in [4.78, 5) is 18.9. The van der Waals surface area contributed by atoms with Crippen molar-refractivity contribution in [1.29, 1.82) is 0 Å². The van der Waals surface area contributed by atoms with Crippen LogP contribution in [-0.4, -0.2) is 16.8 Å². The molecule has 0 amide bonds. The van der Waals surface area contributed by atoms with Gasteiger partial charge in [0.15, 0.2) is 16.3 Å². The first kappa shape index (κ1) is 21.2. The monoisotopic (exact) mass is 474 g/mol. The summed E-state index contributed by atoms with van der Waals surface area (Å²) in [5.74, 6) is 0.340. The summed E-state index contributed by atoms with van der Waals surface area (Å²) >= 11 is 7.39. The number of hydrogen-bond donors (Lipinski definition) is 1. The van der Waals surface area contributed by atoms with E-state index in [1.165, 1.54) is 18.4 Å². The second-order valence-corrected chi connectivity index (χ2v) is 8.94. The lowest BCUT2D eigenvalue weighted by Crippen LogP contribution is -2.36. The lowest BCUT2D eigenvalue weighted by Gasteiger charge is -2.19. The summed E-state index contributed by atoms with van der Waals surface area (Å²) in [6.07, 6.45) is 3.67. The molecule has 5 rings (SSSR count). The Bertz CT molecular complexity index is 1540. The maximum Gasteiger partial charge on any atom is 0.271 e. The number of hydrogen-bond acceptors (Lipinski definition) is 5. The molecule has 4 aromatic rings. The number of allylic oxidation sites excluding steroid dienone is 1. The number of aromatic hydroxyl groups is 1. The molecule has 33 heavy (non-hydrogen) atoms. The number of halogens is 1. The zero-order chi connectivity index (χ0) is 22.9. The second kappa shape index (κ2) is 8.73. The molecule has 0 spiro atoms. The molecule has 2 heterocycles. The average Bonchev–Trinajstić information content (AvgIpc) is 3.16. The highest BCUT2D eigenvalue weighted by Crippen LogP contribution is 2.30. The Kier molecular flexibility index (Phi) is 5.62. The van der Waals surface area contributed by atoms with Gasteiger partial charge in [0, 0.05) is 10.6 Å². The van der Waals surface area contributed by atoms with Gasteiger partial charge in [-0.2, -0.15) is 0 Å². The van der Waals surface area contributed by atoms with Crippen molar-refractivity contribution in [1.82, 2.24) is 4.57 Å². The first-order valence-electron chi connectivity index (χ1n) is 10.3. The number of phenolic OH excluding ortho intramolecular Hbond substituents is 1. The van der Waals surface area contributed by atoms with Crippen LogP contribution in [0.5, 0.6) is 11.5 Å². The topological polar surface area (TPSA) is 63.8 Å². The summed E-state index contributed by atoms with van der Waals surface area (Å²) in [5.41, 5.74) is 3.03. The van der Waals surface area contributed by atoms with E-state index in [1.54, 1.807) is 28.8 Å². The van der Waals surface area contributed by atoms with E-state index in [-0.39, 0.29) is 17.4 Å². The molecule has 7 heteroatoms. The van der Waals surface area contributed by atoms with Crippen molar-refractivity contribution in [3.63, 3.8) is 0 Å². The van der Waals surface area contributed by atoms with Gasteiger partial charge in [-0.1, -0.05) is 77.5 Å². The maximum atomic E-state index is 13.5. The van der Waals surface area contributed by atoms with E-state index in [0.29, 0.717) is 25.7 Å². The van der Waals surface area contributed by atoms with E-state index in [4.69, 9.17) is 21.3 Å². The van der Waals surface area contributed by atoms with Gasteiger partial charge in [-0.25, -0.2) is 4.99 Å². The van der Waals surface area contributed by atoms with Crippen LogP contribution in [0.4, 0.5) is 0 Å². The molecule has 0 aliphatic carbocycles. The van der Waals surface area contributed by atoms with E-state index >= 15 is 0 Å². The van der Waals surface area contributed by atoms with Crippen molar-refractivity contribution in [3.8, 4) is 11.5 Å². The summed E-state index contributed by atoms with van der Waals surface area (Å²) in [6, 6.07) is 22.2. The molecule has 1 aliphatic heterocycles. The van der Waals surface area contributed by atoms with Gasteiger partial charge in [0.1, 0.15) is 0 Å². The Hall–Kier alpha value is -3.61. The highest BCUT2D eigenvalue weighted by atomic mass is 35.5. The molecule has 1 aliphatic rings. The van der Waals surface area contributed by atoms with E-state index in [2.05, 4.69) is 0 Å². The van der Waals surface area contributed by atoms with Crippen molar-refractivity contribution in [2.75, 3.05) is 7.11 Å². The first-order chi connectivity index (χ1) is 16.0. The Morgan fingerprint density at radius 1 is 1.06 bits per heavy atom. The average molecular weight is 475 g/mol. The molecule has 1 atom stereocenters. The highest BCUT2D eigenvalue weighted by Gasteiger charge is 2.22. The maximum absolute atomic E-state index is 13.5. The van der Waals surface area contributed by atoms with Crippen molar-refractivity contribution >= 4 is 34.7 Å². The second-order valence-electron chi connectivity index (χ2n) is 7.49. The Balaban J connectivity index is 1.73. The minimum atomic E-state index is -0.338. The fraction of sp³-hybridized carbons (Fsp3) is 0.0769. The molecular formula is C26H19ClN2O3S. The molecule has 1 N–H and O–H groups in total. The third kappa shape index (κ3) is 3.99. The van der Waals surface area contributed by atoms with E-state index < -0.39 is 0 Å². The van der Waals surface area contributed by atoms with E-state index in [1.807, 2.05) is 60.7 Å². The normalized spacial score (nSPS) is 15.5. The number of rotatable bonds is 4. The molecule has 1 unspecified atom stereocenters. The van der Waals surface area contributed by atoms with Crippen LogP contribution in [0.2, 0.25) is 5.02 Å². The predicted molar refractivity (Wildman–Crippen MR) is 132 cm³/mol. The number of nitrogens with zero attached hydrogens (tertiary/aromatic N) is 2. The lowest BCUT2D eigenvalue weighted by atomic mass is 10.0. The minimum absolute atomic E-state index is 0.00920. The molecule has 0 fully saturated rings. The van der Waals surface area contributed by atoms with Crippen LogP contribution in [0.1, 0.15) is 22.7 Å². The van der Waals surface area contributed by atoms with Gasteiger partial charge >= 0.3 is 0 Å². The van der Waals surface area contributed by atoms with Crippen LogP contribution in [0.3, 0.4) is 0 Å². The van der Waals surface area contributed by atoms with Gasteiger partial charge in [0.05, 0.1) is 23.4 Å². The van der Waals surface area contributed by atoms with Crippen molar-refractivity contribution in [3.05, 3.63) is 120 Å². The standard InChI is InChI=1S/C26H19ClN2O3S/c1-32-22-9-5-8-18(24(22)30)14-23-25(31)29-21(17-10-12-19(27)13-11-17)15-20(28-26(29)33-23)16-6-3-2-4-7-16/h2-15,21,30H,1H3. The predicted octanol–water partition coefficient (Wildman–Crippen LogP) is 4.37. The van der Waals surface area contributed by atoms with Crippen molar-refractivity contribution in [2.24, 2.45) is 4.99 Å². The fourth-order valence-corrected chi connectivity index (χ4v) is 4.94. The molecule has 3 aromatic carbocycles. The van der Waals surface area contributed by atoms with Crippen LogP contribution >= 0.6 is 22.9 Å². The Morgan fingerprint density at radius 2 is 1.82 bits per heavy atom. The smallest absolute Gasteiger partial charge is 0.271 e. The van der Waals surface area contributed by atoms with Gasteiger partial charge < -0.3 is 9.84 Å². The summed E-state index contributed by atoms with van der Waals surface area (Å²) < 4.78 is 7.35. The first-order valence-corrected chi connectivity index (χ1v) is 11.4. The fourth-order valence-electron chi connectivity index (χ4n) is 3.81. The molecule has 0 saturated heterocycles. The van der Waals surface area contributed by atoms with Gasteiger partial charge in [-0.3, -0.25) is 9.36 Å². The quantitative estimate of drug-likeness (QED) is 0.477. The number of benzene rings is 3. The molecule has 0 radical (unpaired) electrons. The Morgan fingerprint density at radius 3 is 2.55 bits per heavy atom. The number of thiazole rings is 1. The van der Waals surface area contributed by atoms with Crippen LogP contribution in [-0.2, 0) is 0 Å². The molecule has 1 aromatic heterocycles.